The Labute approximate surface area is 296 Å². The smallest absolute Gasteiger partial charge is 0.147 e. The molecule has 4 aromatic carbocycles. The van der Waals surface area contributed by atoms with Crippen LogP contribution in [-0.2, 0) is 0 Å². The van der Waals surface area contributed by atoms with Crippen molar-refractivity contribution in [3.05, 3.63) is 179 Å². The van der Waals surface area contributed by atoms with Gasteiger partial charge >= 0.3 is 0 Å². The van der Waals surface area contributed by atoms with Gasteiger partial charge in [0.25, 0.3) is 0 Å². The highest BCUT2D eigenvalue weighted by Gasteiger charge is 2.21. The van der Waals surface area contributed by atoms with Crippen molar-refractivity contribution in [2.24, 2.45) is 4.99 Å². The molecule has 6 aromatic rings. The number of benzene rings is 4. The molecule has 244 valence electrons. The number of aliphatic imine (C=N–C) groups is 1. The first-order valence-corrected chi connectivity index (χ1v) is 17.5. The molecule has 0 radical (unpaired) electrons. The summed E-state index contributed by atoms with van der Waals surface area (Å²) in [6.07, 6.45) is 15.6. The maximum Gasteiger partial charge on any atom is 0.147 e. The number of hydrogen-bond acceptors (Lipinski definition) is 6. The van der Waals surface area contributed by atoms with Crippen molar-refractivity contribution in [1.82, 2.24) is 20.6 Å². The van der Waals surface area contributed by atoms with E-state index in [2.05, 4.69) is 167 Å². The number of amidine groups is 1. The van der Waals surface area contributed by atoms with E-state index in [1.165, 1.54) is 22.3 Å². The van der Waals surface area contributed by atoms with E-state index in [-0.39, 0.29) is 12.1 Å². The Balaban J connectivity index is 0.895. The van der Waals surface area contributed by atoms with Gasteiger partial charge in [-0.05, 0) is 57.7 Å². The summed E-state index contributed by atoms with van der Waals surface area (Å²) in [5.41, 5.74) is 14.2. The quantitative estimate of drug-likeness (QED) is 0.173. The molecule has 0 amide bonds. The zero-order valence-electron chi connectivity index (χ0n) is 27.8. The summed E-state index contributed by atoms with van der Waals surface area (Å²) >= 11 is 0. The summed E-state index contributed by atoms with van der Waals surface area (Å²) in [5, 5.41) is 13.1. The summed E-state index contributed by atoms with van der Waals surface area (Å²) in [6, 6.07) is 38.8. The lowest BCUT2D eigenvalue weighted by atomic mass is 9.90. The Morgan fingerprint density at radius 3 is 2.31 bits per heavy atom. The highest BCUT2D eigenvalue weighted by Crippen LogP contribution is 2.37. The van der Waals surface area contributed by atoms with E-state index in [1.54, 1.807) is 0 Å². The van der Waals surface area contributed by atoms with Crippen LogP contribution in [0.2, 0.25) is 0 Å². The highest BCUT2D eigenvalue weighted by atomic mass is 15.1. The Hall–Kier alpha value is -6.53. The third kappa shape index (κ3) is 5.42. The van der Waals surface area contributed by atoms with Crippen LogP contribution in [0, 0.1) is 0 Å². The molecule has 0 fully saturated rings. The molecule has 6 nitrogen and oxygen atoms in total. The first-order valence-electron chi connectivity index (χ1n) is 17.5. The van der Waals surface area contributed by atoms with Gasteiger partial charge in [0, 0.05) is 28.6 Å². The number of aromatic nitrogens is 2. The van der Waals surface area contributed by atoms with Crippen molar-refractivity contribution < 1.29 is 0 Å². The Kier molecular flexibility index (Phi) is 6.98. The summed E-state index contributed by atoms with van der Waals surface area (Å²) in [5.74, 6) is 0.879. The van der Waals surface area contributed by atoms with Gasteiger partial charge in [0.05, 0.1) is 41.0 Å². The zero-order valence-corrected chi connectivity index (χ0v) is 27.8. The van der Waals surface area contributed by atoms with E-state index in [9.17, 15) is 0 Å². The number of nitrogens with one attached hydrogen (secondary N) is 3. The molecule has 0 spiro atoms. The molecular formula is C45H34N6. The van der Waals surface area contributed by atoms with Gasteiger partial charge in [-0.1, -0.05) is 127 Å². The summed E-state index contributed by atoms with van der Waals surface area (Å²) in [7, 11) is 0. The molecular weight excluding hydrogens is 625 g/mol. The van der Waals surface area contributed by atoms with Gasteiger partial charge in [-0.15, -0.1) is 0 Å². The van der Waals surface area contributed by atoms with Crippen molar-refractivity contribution in [3.63, 3.8) is 0 Å². The van der Waals surface area contributed by atoms with Crippen molar-refractivity contribution >= 4 is 50.7 Å². The highest BCUT2D eigenvalue weighted by molar-refractivity contribution is 6.00. The fourth-order valence-electron chi connectivity index (χ4n) is 7.41. The van der Waals surface area contributed by atoms with E-state index in [0.717, 1.165) is 80.2 Å². The van der Waals surface area contributed by atoms with Gasteiger partial charge in [-0.2, -0.15) is 0 Å². The molecule has 2 atom stereocenters. The lowest BCUT2D eigenvalue weighted by Crippen LogP contribution is -2.31. The Morgan fingerprint density at radius 2 is 1.43 bits per heavy atom. The predicted molar refractivity (Wildman–Crippen MR) is 210 cm³/mol. The van der Waals surface area contributed by atoms with Crippen molar-refractivity contribution in [1.29, 1.82) is 0 Å². The third-order valence-electron chi connectivity index (χ3n) is 10.2. The molecule has 4 aliphatic rings. The molecule has 0 saturated heterocycles. The van der Waals surface area contributed by atoms with Gasteiger partial charge in [-0.25, -0.2) is 9.97 Å². The van der Waals surface area contributed by atoms with Crippen molar-refractivity contribution in [2.75, 3.05) is 18.4 Å². The number of rotatable bonds is 5. The number of dihydropyridines is 1. The van der Waals surface area contributed by atoms with Gasteiger partial charge in [0.1, 0.15) is 11.5 Å². The molecule has 6 heteroatoms. The fraction of sp³-hybridized carbons (Fsp3) is 0.0889. The monoisotopic (exact) mass is 658 g/mol. The van der Waals surface area contributed by atoms with Crippen LogP contribution in [0.25, 0.3) is 50.4 Å². The first kappa shape index (κ1) is 29.4. The van der Waals surface area contributed by atoms with E-state index >= 15 is 0 Å². The summed E-state index contributed by atoms with van der Waals surface area (Å²) in [6.45, 7) is 1.66. The first-order chi connectivity index (χ1) is 25.2. The summed E-state index contributed by atoms with van der Waals surface area (Å²) < 4.78 is 0. The van der Waals surface area contributed by atoms with Crippen LogP contribution in [0.5, 0.6) is 0 Å². The number of hydrogen-bond donors (Lipinski definition) is 3. The van der Waals surface area contributed by atoms with E-state index < -0.39 is 0 Å². The van der Waals surface area contributed by atoms with Crippen LogP contribution in [-0.4, -0.2) is 34.9 Å². The van der Waals surface area contributed by atoms with E-state index in [1.807, 2.05) is 6.07 Å². The van der Waals surface area contributed by atoms with Gasteiger partial charge in [0.2, 0.25) is 0 Å². The normalized spacial score (nSPS) is 18.8. The second kappa shape index (κ2) is 12.1. The van der Waals surface area contributed by atoms with E-state index in [0.29, 0.717) is 0 Å². The van der Waals surface area contributed by atoms with Crippen LogP contribution in [0.15, 0.2) is 156 Å². The molecule has 1 aliphatic carbocycles. The molecule has 10 rings (SSSR count). The minimum atomic E-state index is 0.0753. The maximum atomic E-state index is 5.20. The second-order valence-electron chi connectivity index (χ2n) is 13.4. The lowest BCUT2D eigenvalue weighted by Gasteiger charge is -2.27. The minimum Gasteiger partial charge on any atom is -0.374 e. The van der Waals surface area contributed by atoms with Crippen LogP contribution in [0.1, 0.15) is 34.0 Å². The largest absolute Gasteiger partial charge is 0.374 e. The SMILES string of the molecule is C1=CC2=CC=C(c3ccc4ccc(C5=NCCN5)nc4c3)NC2C=C1c1ccc(-c2ccc3ccc4c(c3n2)NC(c2ccccc2)C=C4)cc1. The van der Waals surface area contributed by atoms with Gasteiger partial charge in [0.15, 0.2) is 0 Å². The Bertz CT molecular complexity index is 2550. The molecule has 0 saturated carbocycles. The number of allylic oxidation sites excluding steroid dienone is 4. The second-order valence-corrected chi connectivity index (χ2v) is 13.4. The predicted octanol–water partition coefficient (Wildman–Crippen LogP) is 8.87. The van der Waals surface area contributed by atoms with Crippen LogP contribution in [0.3, 0.4) is 0 Å². The molecule has 3 aliphatic heterocycles. The van der Waals surface area contributed by atoms with Crippen LogP contribution >= 0.6 is 0 Å². The van der Waals surface area contributed by atoms with Crippen LogP contribution in [0.4, 0.5) is 5.69 Å². The van der Waals surface area contributed by atoms with E-state index in [4.69, 9.17) is 9.97 Å². The molecule has 0 bridgehead atoms. The van der Waals surface area contributed by atoms with Crippen molar-refractivity contribution in [3.8, 4) is 11.3 Å². The molecule has 5 heterocycles. The number of anilines is 1. The van der Waals surface area contributed by atoms with Crippen LogP contribution < -0.4 is 16.0 Å². The zero-order chi connectivity index (χ0) is 33.7. The molecule has 3 N–H and O–H groups in total. The Morgan fingerprint density at radius 1 is 0.627 bits per heavy atom. The van der Waals surface area contributed by atoms with Gasteiger partial charge in [-0.3, -0.25) is 4.99 Å². The average Bonchev–Trinajstić information content (AvgIpc) is 3.75. The number of fused-ring (bicyclic) bond motifs is 5. The van der Waals surface area contributed by atoms with Crippen molar-refractivity contribution in [2.45, 2.75) is 12.1 Å². The lowest BCUT2D eigenvalue weighted by molar-refractivity contribution is 0.815. The fourth-order valence-corrected chi connectivity index (χ4v) is 7.41. The number of nitrogens with zero attached hydrogens (tertiary/aromatic N) is 3. The third-order valence-corrected chi connectivity index (χ3v) is 10.2. The minimum absolute atomic E-state index is 0.0753. The molecule has 51 heavy (non-hydrogen) atoms. The molecule has 2 unspecified atom stereocenters. The number of pyridine rings is 2. The molecule has 2 aromatic heterocycles. The summed E-state index contributed by atoms with van der Waals surface area (Å²) in [4.78, 5) is 14.7. The van der Waals surface area contributed by atoms with Gasteiger partial charge < -0.3 is 16.0 Å². The standard InChI is InChI=1S/C45H34N6/c1-2-4-29(5-3-1)37-21-18-33-12-13-34-19-22-38(51-44(34)43(33)50-37)30-8-6-28(7-9-30)35-14-10-31-16-20-39(48-41(31)26-35)36-15-11-32-17-23-40(49-42(32)27-36)45-46-24-25-47-45/h1-23,26-27,37,41,48,50H,24-25H2,(H,46,47). The average molecular weight is 659 g/mol. The maximum absolute atomic E-state index is 5.20. The topological polar surface area (TPSA) is 74.2 Å².